The molecule has 4 nitrogen and oxygen atoms in total. The number of hydrogen-bond acceptors (Lipinski definition) is 4. The average molecular weight is 302 g/mol. The van der Waals surface area contributed by atoms with Gasteiger partial charge in [0.2, 0.25) is 0 Å². The lowest BCUT2D eigenvalue weighted by molar-refractivity contribution is 0.247. The maximum atomic E-state index is 5.66. The molecule has 0 aromatic heterocycles. The van der Waals surface area contributed by atoms with Crippen molar-refractivity contribution in [2.75, 3.05) is 26.9 Å². The molecule has 0 heterocycles. The van der Waals surface area contributed by atoms with Crippen LogP contribution in [0.25, 0.3) is 0 Å². The van der Waals surface area contributed by atoms with Crippen LogP contribution in [-0.2, 0) is 0 Å². The van der Waals surface area contributed by atoms with Gasteiger partial charge < -0.3 is 18.9 Å². The van der Waals surface area contributed by atoms with Gasteiger partial charge in [0.1, 0.15) is 23.0 Å². The molecule has 2 rings (SSSR count). The molecule has 0 unspecified atom stereocenters. The molecule has 2 aromatic rings. The molecule has 0 aliphatic heterocycles. The first-order valence-corrected chi connectivity index (χ1v) is 7.44. The van der Waals surface area contributed by atoms with E-state index < -0.39 is 0 Å². The van der Waals surface area contributed by atoms with E-state index in [1.165, 1.54) is 0 Å². The highest BCUT2D eigenvalue weighted by Crippen LogP contribution is 2.18. The maximum Gasteiger partial charge on any atom is 0.119 e. The third kappa shape index (κ3) is 5.20. The third-order valence-electron chi connectivity index (χ3n) is 3.02. The van der Waals surface area contributed by atoms with E-state index in [0.717, 1.165) is 29.4 Å². The zero-order valence-corrected chi connectivity index (χ0v) is 13.1. The normalized spacial score (nSPS) is 10.1. The highest BCUT2D eigenvalue weighted by Gasteiger charge is 1.98. The molecule has 22 heavy (non-hydrogen) atoms. The lowest BCUT2D eigenvalue weighted by atomic mass is 10.3. The van der Waals surface area contributed by atoms with Crippen LogP contribution in [0.1, 0.15) is 13.3 Å². The first-order chi connectivity index (χ1) is 10.8. The molecule has 0 saturated carbocycles. The summed E-state index contributed by atoms with van der Waals surface area (Å²) in [5.41, 5.74) is 0. The molecule has 0 atom stereocenters. The minimum atomic E-state index is 0.614. The van der Waals surface area contributed by atoms with Gasteiger partial charge in [-0.15, -0.1) is 0 Å². The maximum absolute atomic E-state index is 5.66. The second kappa shape index (κ2) is 8.82. The Hall–Kier alpha value is -2.36. The van der Waals surface area contributed by atoms with Crippen molar-refractivity contribution in [3.8, 4) is 23.0 Å². The standard InChI is InChI=1S/C18H22O4/c1-3-20-16-9-11-18(12-10-16)22-14-4-13-21-17-7-5-15(19-2)6-8-17/h5-12H,3-4,13-14H2,1-2H3. The van der Waals surface area contributed by atoms with Gasteiger partial charge in [-0.1, -0.05) is 0 Å². The van der Waals surface area contributed by atoms with E-state index in [1.807, 2.05) is 55.5 Å². The van der Waals surface area contributed by atoms with E-state index in [1.54, 1.807) is 7.11 Å². The Morgan fingerprint density at radius 2 is 1.05 bits per heavy atom. The fourth-order valence-electron chi connectivity index (χ4n) is 1.91. The van der Waals surface area contributed by atoms with E-state index in [0.29, 0.717) is 19.8 Å². The van der Waals surface area contributed by atoms with Crippen LogP contribution in [0.3, 0.4) is 0 Å². The monoisotopic (exact) mass is 302 g/mol. The summed E-state index contributed by atoms with van der Waals surface area (Å²) < 4.78 is 21.8. The van der Waals surface area contributed by atoms with Gasteiger partial charge in [-0.3, -0.25) is 0 Å². The van der Waals surface area contributed by atoms with Crippen molar-refractivity contribution in [2.45, 2.75) is 13.3 Å². The van der Waals surface area contributed by atoms with Gasteiger partial charge in [-0.05, 0) is 55.5 Å². The third-order valence-corrected chi connectivity index (χ3v) is 3.02. The number of methoxy groups -OCH3 is 1. The molecule has 0 amide bonds. The molecule has 2 aromatic carbocycles. The Morgan fingerprint density at radius 1 is 0.636 bits per heavy atom. The van der Waals surface area contributed by atoms with Crippen LogP contribution in [-0.4, -0.2) is 26.9 Å². The van der Waals surface area contributed by atoms with Crippen LogP contribution in [0.5, 0.6) is 23.0 Å². The van der Waals surface area contributed by atoms with Crippen molar-refractivity contribution >= 4 is 0 Å². The Balaban J connectivity index is 1.64. The summed E-state index contributed by atoms with van der Waals surface area (Å²) in [4.78, 5) is 0. The first kappa shape index (κ1) is 16.0. The Morgan fingerprint density at radius 3 is 1.45 bits per heavy atom. The topological polar surface area (TPSA) is 36.9 Å². The molecule has 4 heteroatoms. The van der Waals surface area contributed by atoms with Gasteiger partial charge in [-0.2, -0.15) is 0 Å². The Kier molecular flexibility index (Phi) is 6.42. The lowest BCUT2D eigenvalue weighted by Crippen LogP contribution is -2.05. The van der Waals surface area contributed by atoms with Gasteiger partial charge in [0.15, 0.2) is 0 Å². The summed E-state index contributed by atoms with van der Waals surface area (Å²) in [5.74, 6) is 3.36. The van der Waals surface area contributed by atoms with Gasteiger partial charge >= 0.3 is 0 Å². The quantitative estimate of drug-likeness (QED) is 0.657. The molecule has 0 aliphatic carbocycles. The second-order valence-electron chi connectivity index (χ2n) is 4.63. The largest absolute Gasteiger partial charge is 0.497 e. The van der Waals surface area contributed by atoms with Crippen LogP contribution in [0.2, 0.25) is 0 Å². The van der Waals surface area contributed by atoms with E-state index >= 15 is 0 Å². The zero-order chi connectivity index (χ0) is 15.6. The Bertz CT molecular complexity index is 534. The summed E-state index contributed by atoms with van der Waals surface area (Å²) in [7, 11) is 1.65. The van der Waals surface area contributed by atoms with E-state index in [4.69, 9.17) is 18.9 Å². The van der Waals surface area contributed by atoms with Crippen molar-refractivity contribution in [3.63, 3.8) is 0 Å². The number of ether oxygens (including phenoxy) is 4. The Labute approximate surface area is 131 Å². The van der Waals surface area contributed by atoms with Gasteiger partial charge in [-0.25, -0.2) is 0 Å². The number of hydrogen-bond donors (Lipinski definition) is 0. The fraction of sp³-hybridized carbons (Fsp3) is 0.333. The molecule has 0 N–H and O–H groups in total. The predicted octanol–water partition coefficient (Wildman–Crippen LogP) is 3.94. The molecular weight excluding hydrogens is 280 g/mol. The summed E-state index contributed by atoms with van der Waals surface area (Å²) in [6.45, 7) is 3.86. The van der Waals surface area contributed by atoms with Crippen LogP contribution >= 0.6 is 0 Å². The van der Waals surface area contributed by atoms with E-state index in [-0.39, 0.29) is 0 Å². The van der Waals surface area contributed by atoms with Gasteiger partial charge in [0.05, 0.1) is 26.9 Å². The second-order valence-corrected chi connectivity index (χ2v) is 4.63. The zero-order valence-electron chi connectivity index (χ0n) is 13.1. The number of rotatable bonds is 9. The molecule has 118 valence electrons. The molecule has 0 bridgehead atoms. The smallest absolute Gasteiger partial charge is 0.119 e. The highest BCUT2D eigenvalue weighted by molar-refractivity contribution is 5.31. The molecule has 0 fully saturated rings. The van der Waals surface area contributed by atoms with Crippen molar-refractivity contribution in [3.05, 3.63) is 48.5 Å². The summed E-state index contributed by atoms with van der Waals surface area (Å²) in [5, 5.41) is 0. The molecule has 0 aliphatic rings. The molecule has 0 saturated heterocycles. The van der Waals surface area contributed by atoms with Gasteiger partial charge in [0, 0.05) is 6.42 Å². The van der Waals surface area contributed by atoms with Crippen molar-refractivity contribution in [2.24, 2.45) is 0 Å². The molecule has 0 spiro atoms. The van der Waals surface area contributed by atoms with Crippen LogP contribution in [0.4, 0.5) is 0 Å². The summed E-state index contributed by atoms with van der Waals surface area (Å²) >= 11 is 0. The first-order valence-electron chi connectivity index (χ1n) is 7.44. The lowest BCUT2D eigenvalue weighted by Gasteiger charge is -2.09. The van der Waals surface area contributed by atoms with E-state index in [2.05, 4.69) is 0 Å². The van der Waals surface area contributed by atoms with Crippen LogP contribution < -0.4 is 18.9 Å². The van der Waals surface area contributed by atoms with Gasteiger partial charge in [0.25, 0.3) is 0 Å². The minimum absolute atomic E-state index is 0.614. The van der Waals surface area contributed by atoms with Crippen LogP contribution in [0.15, 0.2) is 48.5 Å². The number of benzene rings is 2. The minimum Gasteiger partial charge on any atom is -0.497 e. The van der Waals surface area contributed by atoms with Crippen molar-refractivity contribution in [1.29, 1.82) is 0 Å². The SMILES string of the molecule is CCOc1ccc(OCCCOc2ccc(OC)cc2)cc1. The summed E-state index contributed by atoms with van der Waals surface area (Å²) in [6.07, 6.45) is 0.819. The fourth-order valence-corrected chi connectivity index (χ4v) is 1.91. The van der Waals surface area contributed by atoms with Crippen molar-refractivity contribution in [1.82, 2.24) is 0 Å². The predicted molar refractivity (Wildman–Crippen MR) is 86.2 cm³/mol. The average Bonchev–Trinajstić information content (AvgIpc) is 2.57. The van der Waals surface area contributed by atoms with E-state index in [9.17, 15) is 0 Å². The molecule has 0 radical (unpaired) electrons. The molecular formula is C18H22O4. The summed E-state index contributed by atoms with van der Waals surface area (Å²) in [6, 6.07) is 15.2. The highest BCUT2D eigenvalue weighted by atomic mass is 16.5. The van der Waals surface area contributed by atoms with Crippen LogP contribution in [0, 0.1) is 0 Å². The van der Waals surface area contributed by atoms with Crippen molar-refractivity contribution < 1.29 is 18.9 Å².